The van der Waals surface area contributed by atoms with Crippen LogP contribution in [0, 0.1) is 33.8 Å². The maximum Gasteiger partial charge on any atom is 0.269 e. The Morgan fingerprint density at radius 3 is 2.48 bits per heavy atom. The fraction of sp³-hybridized carbons (Fsp3) is 0.529. The fourth-order valence-electron chi connectivity index (χ4n) is 10.5. The first-order valence-corrected chi connectivity index (χ1v) is 24.2. The number of nitro groups is 1. The summed E-state index contributed by atoms with van der Waals surface area (Å²) in [4.78, 5) is 34.6. The monoisotopic (exact) mass is 895 g/mol. The summed E-state index contributed by atoms with van der Waals surface area (Å²) >= 11 is 1.74. The van der Waals surface area contributed by atoms with Gasteiger partial charge in [-0.25, -0.2) is 0 Å². The van der Waals surface area contributed by atoms with E-state index in [9.17, 15) is 25.1 Å². The van der Waals surface area contributed by atoms with Gasteiger partial charge in [0.2, 0.25) is 11.7 Å². The lowest BCUT2D eigenvalue weighted by atomic mass is 9.55. The van der Waals surface area contributed by atoms with Crippen molar-refractivity contribution in [1.29, 1.82) is 0 Å². The highest BCUT2D eigenvalue weighted by Crippen LogP contribution is 2.62. The number of hydrogen-bond donors (Lipinski definition) is 2. The van der Waals surface area contributed by atoms with Gasteiger partial charge in [-0.05, 0) is 103 Å². The number of rotatable bonds is 24. The highest BCUT2D eigenvalue weighted by molar-refractivity contribution is 7.99. The summed E-state index contributed by atoms with van der Waals surface area (Å²) in [6.07, 6.45) is 15.0. The Morgan fingerprint density at radius 1 is 1.02 bits per heavy atom. The molecule has 64 heavy (non-hydrogen) atoms. The maximum absolute atomic E-state index is 14.5. The number of fused-ring (bicyclic) bond motifs is 2. The van der Waals surface area contributed by atoms with Gasteiger partial charge in [0.05, 0.1) is 29.8 Å². The summed E-state index contributed by atoms with van der Waals surface area (Å²) in [6, 6.07) is 22.0. The molecule has 0 aromatic heterocycles. The molecular formula is C51H65N3O9S. The van der Waals surface area contributed by atoms with Crippen molar-refractivity contribution in [3.63, 3.8) is 0 Å². The zero-order chi connectivity index (χ0) is 44.9. The first-order valence-electron chi connectivity index (χ1n) is 23.3. The van der Waals surface area contributed by atoms with Crippen LogP contribution in [0.25, 0.3) is 0 Å². The average molecular weight is 896 g/mol. The van der Waals surface area contributed by atoms with E-state index in [0.717, 1.165) is 73.1 Å². The van der Waals surface area contributed by atoms with E-state index in [-0.39, 0.29) is 55.8 Å². The van der Waals surface area contributed by atoms with Crippen LogP contribution in [0.15, 0.2) is 107 Å². The van der Waals surface area contributed by atoms with Crippen LogP contribution in [-0.4, -0.2) is 82.7 Å². The number of unbranched alkanes of at least 4 members (excludes halogenated alkanes) is 2. The average Bonchev–Trinajstić information content (AvgIpc) is 3.84. The van der Waals surface area contributed by atoms with Crippen molar-refractivity contribution in [1.82, 2.24) is 4.90 Å². The van der Waals surface area contributed by atoms with Gasteiger partial charge in [-0.15, -0.1) is 18.3 Å². The lowest BCUT2D eigenvalue weighted by Crippen LogP contribution is -2.69. The van der Waals surface area contributed by atoms with Gasteiger partial charge in [0.1, 0.15) is 24.1 Å². The van der Waals surface area contributed by atoms with Crippen molar-refractivity contribution in [2.75, 3.05) is 39.2 Å². The number of ether oxygens (including phenoxy) is 3. The van der Waals surface area contributed by atoms with E-state index >= 15 is 0 Å². The van der Waals surface area contributed by atoms with Crippen LogP contribution in [-0.2, 0) is 21.0 Å². The summed E-state index contributed by atoms with van der Waals surface area (Å²) in [6.45, 7) is 5.03. The normalized spacial score (nSPS) is 24.3. The van der Waals surface area contributed by atoms with Crippen LogP contribution in [0.4, 0.5) is 5.69 Å². The van der Waals surface area contributed by atoms with Gasteiger partial charge in [0.15, 0.2) is 0 Å². The number of aliphatic hydroxyl groups is 2. The fourth-order valence-corrected chi connectivity index (χ4v) is 11.3. The molecule has 12 nitrogen and oxygen atoms in total. The molecule has 7 rings (SSSR count). The molecule has 0 saturated heterocycles. The first kappa shape index (κ1) is 47.3. The van der Waals surface area contributed by atoms with E-state index in [2.05, 4.69) is 30.9 Å². The molecule has 3 aromatic rings. The molecule has 2 saturated carbocycles. The summed E-state index contributed by atoms with van der Waals surface area (Å²) < 4.78 is 20.9. The number of carbonyl (C=O) groups excluding carboxylic acids is 1. The number of hydrogen-bond acceptors (Lipinski definition) is 11. The Bertz CT molecular complexity index is 2070. The maximum atomic E-state index is 14.5. The second-order valence-corrected chi connectivity index (χ2v) is 18.8. The van der Waals surface area contributed by atoms with Gasteiger partial charge in [0, 0.05) is 67.4 Å². The lowest BCUT2D eigenvalue weighted by Gasteiger charge is -2.59. The molecule has 4 aliphatic rings. The molecule has 0 bridgehead atoms. The number of non-ortho nitro benzene ring substituents is 1. The second-order valence-electron chi connectivity index (χ2n) is 17.7. The highest BCUT2D eigenvalue weighted by atomic mass is 32.2. The summed E-state index contributed by atoms with van der Waals surface area (Å²) in [5.41, 5.74) is 3.39. The molecule has 2 N–H and O–H groups in total. The molecule has 0 spiro atoms. The third-order valence-electron chi connectivity index (χ3n) is 13.7. The number of nitro benzene ring substituents is 1. The molecule has 1 aliphatic heterocycles. The molecule has 0 radical (unpaired) electrons. The van der Waals surface area contributed by atoms with Gasteiger partial charge in [-0.3, -0.25) is 14.9 Å². The van der Waals surface area contributed by atoms with Gasteiger partial charge in [-0.2, -0.15) is 0 Å². The number of allylic oxidation sites excluding steroid dienone is 1. The molecule has 13 heteroatoms. The third kappa shape index (κ3) is 11.2. The van der Waals surface area contributed by atoms with Crippen molar-refractivity contribution in [3.05, 3.63) is 118 Å². The van der Waals surface area contributed by atoms with Crippen LogP contribution in [0.5, 0.6) is 11.5 Å². The second kappa shape index (κ2) is 23.0. The van der Waals surface area contributed by atoms with Crippen molar-refractivity contribution in [2.24, 2.45) is 28.8 Å². The zero-order valence-electron chi connectivity index (χ0n) is 37.2. The van der Waals surface area contributed by atoms with E-state index in [4.69, 9.17) is 24.2 Å². The number of oxime groups is 1. The summed E-state index contributed by atoms with van der Waals surface area (Å²) in [5, 5.41) is 36.1. The summed E-state index contributed by atoms with van der Waals surface area (Å²) in [7, 11) is 1.86. The topological polar surface area (TPSA) is 153 Å². The number of likely N-dealkylation sites (N-methyl/N-ethyl adjacent to an activating group) is 1. The number of aliphatic hydroxyl groups excluding tert-OH is 2. The van der Waals surface area contributed by atoms with Crippen molar-refractivity contribution in [3.8, 4) is 11.5 Å². The molecule has 6 unspecified atom stereocenters. The largest absolute Gasteiger partial charge is 0.493 e. The number of carbonyl (C=O) groups is 1. The standard InChI is InChI=1S/C51H65N3O9S/c1-3-29-61-51-47(53(2)48(57)26-21-36-13-7-8-14-36)34-45(52-62-35-37-19-22-39(23-20-37)54(58)59)43-32-38(15-9-11-27-55)42(18-10-12-28-56)49(50(43)51)44-33-40(24-25-46(44)63-51)60-30-31-64-41-16-5-4-6-17-41/h3-6,16-17,19-20,22-25,32-33,36,38,42,47,49-50,55-56H,1,7-15,18,21,26-31,34-35H2,2H3. The minimum atomic E-state index is -1.33. The number of thioether (sulfide) groups is 1. The Balaban J connectivity index is 1.32. The Hall–Kier alpha value is -4.69. The van der Waals surface area contributed by atoms with E-state index in [1.807, 2.05) is 42.3 Å². The van der Waals surface area contributed by atoms with Gasteiger partial charge in [-0.1, -0.05) is 74.0 Å². The lowest BCUT2D eigenvalue weighted by molar-refractivity contribution is -0.384. The number of nitrogens with zero attached hydrogens (tertiary/aromatic N) is 3. The van der Waals surface area contributed by atoms with E-state index in [0.29, 0.717) is 49.7 Å². The molecule has 1 amide bonds. The van der Waals surface area contributed by atoms with Crippen LogP contribution >= 0.6 is 11.8 Å². The van der Waals surface area contributed by atoms with Crippen LogP contribution < -0.4 is 9.47 Å². The quantitative estimate of drug-likeness (QED) is 0.0292. The van der Waals surface area contributed by atoms with Gasteiger partial charge < -0.3 is 34.2 Å². The molecule has 3 aliphatic carbocycles. The Kier molecular flexibility index (Phi) is 17.0. The van der Waals surface area contributed by atoms with Crippen molar-refractivity contribution < 1.29 is 39.0 Å². The predicted molar refractivity (Wildman–Crippen MR) is 249 cm³/mol. The molecule has 344 valence electrons. The Labute approximate surface area is 382 Å². The molecular weight excluding hydrogens is 831 g/mol. The third-order valence-corrected chi connectivity index (χ3v) is 14.6. The SMILES string of the molecule is C=CCOC12Oc3ccc(OCCSc4ccccc4)cc3C3C(CCCCO)C(CCCCO)C=C(C(=NOCc4ccc([N+](=O)[O-])cc4)CC1N(C)C(=O)CCC1CCCC1)C32. The molecule has 6 atom stereocenters. The smallest absolute Gasteiger partial charge is 0.269 e. The van der Waals surface area contributed by atoms with Gasteiger partial charge in [0.25, 0.3) is 5.69 Å². The molecule has 2 fully saturated rings. The van der Waals surface area contributed by atoms with Crippen molar-refractivity contribution in [2.45, 2.75) is 113 Å². The first-order chi connectivity index (χ1) is 31.3. The molecule has 1 heterocycles. The van der Waals surface area contributed by atoms with Crippen LogP contribution in [0.1, 0.15) is 101 Å². The van der Waals surface area contributed by atoms with E-state index in [1.165, 1.54) is 29.9 Å². The number of benzene rings is 3. The zero-order valence-corrected chi connectivity index (χ0v) is 38.0. The van der Waals surface area contributed by atoms with Crippen LogP contribution in [0.3, 0.4) is 0 Å². The van der Waals surface area contributed by atoms with Crippen molar-refractivity contribution >= 4 is 29.1 Å². The summed E-state index contributed by atoms with van der Waals surface area (Å²) in [5.74, 6) is 1.01. The van der Waals surface area contributed by atoms with E-state index < -0.39 is 22.7 Å². The molecule has 3 aromatic carbocycles. The Morgan fingerprint density at radius 2 is 1.77 bits per heavy atom. The minimum Gasteiger partial charge on any atom is -0.493 e. The predicted octanol–water partition coefficient (Wildman–Crippen LogP) is 10.0. The highest BCUT2D eigenvalue weighted by Gasteiger charge is 2.65. The minimum absolute atomic E-state index is 0.00178. The number of amides is 1. The van der Waals surface area contributed by atoms with Gasteiger partial charge >= 0.3 is 0 Å². The van der Waals surface area contributed by atoms with E-state index in [1.54, 1.807) is 30.0 Å². The van der Waals surface area contributed by atoms with Crippen LogP contribution in [0.2, 0.25) is 0 Å².